The zero-order chi connectivity index (χ0) is 17.1. The van der Waals surface area contributed by atoms with Gasteiger partial charge in [-0.3, -0.25) is 4.79 Å². The van der Waals surface area contributed by atoms with Crippen molar-refractivity contribution < 1.29 is 9.90 Å². The average Bonchev–Trinajstić information content (AvgIpc) is 2.85. The Morgan fingerprint density at radius 1 is 1.29 bits per heavy atom. The van der Waals surface area contributed by atoms with Gasteiger partial charge in [-0.2, -0.15) is 0 Å². The van der Waals surface area contributed by atoms with Crippen LogP contribution in [0, 0.1) is 34.5 Å². The maximum atomic E-state index is 11.9. The van der Waals surface area contributed by atoms with Crippen LogP contribution in [0.5, 0.6) is 0 Å². The summed E-state index contributed by atoms with van der Waals surface area (Å²) in [5.41, 5.74) is 1.46. The lowest BCUT2D eigenvalue weighted by molar-refractivity contribution is -0.111. The van der Waals surface area contributed by atoms with E-state index in [9.17, 15) is 9.90 Å². The molecule has 2 heteroatoms. The molecule has 0 radical (unpaired) electrons. The van der Waals surface area contributed by atoms with E-state index in [1.807, 2.05) is 6.08 Å². The number of carbonyl (C=O) groups is 1. The largest absolute Gasteiger partial charge is 0.393 e. The lowest BCUT2D eigenvalue weighted by atomic mass is 9.45. The third kappa shape index (κ3) is 2.08. The van der Waals surface area contributed by atoms with Gasteiger partial charge >= 0.3 is 0 Å². The van der Waals surface area contributed by atoms with Crippen molar-refractivity contribution >= 4 is 5.78 Å². The molecule has 0 aromatic rings. The molecule has 1 N–H and O–H groups in total. The van der Waals surface area contributed by atoms with Gasteiger partial charge in [0.25, 0.3) is 0 Å². The highest BCUT2D eigenvalue weighted by Gasteiger charge is 2.60. The molecule has 0 heterocycles. The van der Waals surface area contributed by atoms with Crippen LogP contribution < -0.4 is 0 Å². The first-order chi connectivity index (χ1) is 11.4. The van der Waals surface area contributed by atoms with Gasteiger partial charge < -0.3 is 5.11 Å². The van der Waals surface area contributed by atoms with E-state index >= 15 is 0 Å². The second-order valence-corrected chi connectivity index (χ2v) is 9.10. The fourth-order valence-electron chi connectivity index (χ4n) is 6.78. The van der Waals surface area contributed by atoms with Crippen LogP contribution in [-0.4, -0.2) is 17.0 Å². The van der Waals surface area contributed by atoms with Crippen molar-refractivity contribution in [1.82, 2.24) is 0 Å². The Bertz CT molecular complexity index is 630. The van der Waals surface area contributed by atoms with E-state index in [4.69, 9.17) is 0 Å². The van der Waals surface area contributed by atoms with Gasteiger partial charge in [-0.15, -0.1) is 6.58 Å². The number of carbonyl (C=O) groups excluding carboxylic acids is 1. The van der Waals surface area contributed by atoms with Crippen molar-refractivity contribution in [2.75, 3.05) is 0 Å². The van der Waals surface area contributed by atoms with E-state index < -0.39 is 0 Å². The van der Waals surface area contributed by atoms with Crippen LogP contribution in [0.4, 0.5) is 0 Å². The number of aliphatic hydroxyl groups excluding tert-OH is 1. The summed E-state index contributed by atoms with van der Waals surface area (Å²) in [6.45, 7) is 8.67. The molecule has 4 rings (SSSR count). The van der Waals surface area contributed by atoms with Gasteiger partial charge in [0.1, 0.15) is 0 Å². The van der Waals surface area contributed by atoms with Crippen molar-refractivity contribution in [3.8, 4) is 0 Å². The smallest absolute Gasteiger partial charge is 0.178 e. The lowest BCUT2D eigenvalue weighted by Gasteiger charge is -2.59. The number of rotatable bonds is 2. The maximum Gasteiger partial charge on any atom is 0.178 e. The summed E-state index contributed by atoms with van der Waals surface area (Å²) in [6.07, 6.45) is 14.2. The molecule has 0 bridgehead atoms. The van der Waals surface area contributed by atoms with Gasteiger partial charge in [0.15, 0.2) is 5.78 Å². The molecule has 0 saturated heterocycles. The van der Waals surface area contributed by atoms with E-state index in [1.54, 1.807) is 6.08 Å². The molecule has 0 aromatic carbocycles. The number of hydrogen-bond acceptors (Lipinski definition) is 2. The minimum absolute atomic E-state index is 0.0329. The summed E-state index contributed by atoms with van der Waals surface area (Å²) in [5.74, 6) is 2.56. The summed E-state index contributed by atoms with van der Waals surface area (Å²) in [5, 5.41) is 10.6. The summed E-state index contributed by atoms with van der Waals surface area (Å²) in [6, 6.07) is 0. The molecule has 3 fully saturated rings. The summed E-state index contributed by atoms with van der Waals surface area (Å²) in [4.78, 5) is 11.9. The van der Waals surface area contributed by atoms with Crippen molar-refractivity contribution in [3.63, 3.8) is 0 Å². The highest BCUT2D eigenvalue weighted by molar-refractivity contribution is 6.01. The molecule has 0 amide bonds. The number of allylic oxidation sites excluding steroid dienone is 5. The third-order valence-corrected chi connectivity index (χ3v) is 8.15. The summed E-state index contributed by atoms with van der Waals surface area (Å²) >= 11 is 0. The highest BCUT2D eigenvalue weighted by Crippen LogP contribution is 2.66. The Kier molecular flexibility index (Phi) is 3.69. The topological polar surface area (TPSA) is 37.3 Å². The van der Waals surface area contributed by atoms with Crippen LogP contribution in [-0.2, 0) is 4.79 Å². The zero-order valence-corrected chi connectivity index (χ0v) is 15.0. The quantitative estimate of drug-likeness (QED) is 0.761. The molecule has 24 heavy (non-hydrogen) atoms. The number of aliphatic hydroxyl groups is 1. The molecular weight excluding hydrogens is 296 g/mol. The minimum Gasteiger partial charge on any atom is -0.393 e. The van der Waals surface area contributed by atoms with Crippen molar-refractivity contribution in [3.05, 3.63) is 36.5 Å². The number of hydrogen-bond donors (Lipinski definition) is 1. The van der Waals surface area contributed by atoms with Crippen LogP contribution >= 0.6 is 0 Å². The van der Waals surface area contributed by atoms with Gasteiger partial charge in [-0.05, 0) is 79.8 Å². The average molecular weight is 326 g/mol. The Morgan fingerprint density at radius 2 is 2.08 bits per heavy atom. The van der Waals surface area contributed by atoms with Crippen molar-refractivity contribution in [2.45, 2.75) is 58.5 Å². The minimum atomic E-state index is -0.138. The van der Waals surface area contributed by atoms with E-state index in [0.717, 1.165) is 38.5 Å². The molecule has 130 valence electrons. The third-order valence-electron chi connectivity index (χ3n) is 8.15. The predicted molar refractivity (Wildman–Crippen MR) is 96.3 cm³/mol. The molecule has 4 aliphatic rings. The van der Waals surface area contributed by atoms with E-state index in [0.29, 0.717) is 23.7 Å². The van der Waals surface area contributed by atoms with Crippen LogP contribution in [0.15, 0.2) is 36.5 Å². The molecule has 0 aliphatic heterocycles. The standard InChI is InChI=1S/C22H30O2/c1-4-5-14-12-15-13-16(23)8-10-21(15,2)18-9-11-22(3)17(20(14)18)6-7-19(22)24/h4,8,10,13-14,17-20,24H,1,5-7,9,11-12H2,2-3H3/t14-,17+,18+,19-,20+,21+,22+/m1/s1. The zero-order valence-electron chi connectivity index (χ0n) is 15.0. The Morgan fingerprint density at radius 3 is 2.83 bits per heavy atom. The van der Waals surface area contributed by atoms with Gasteiger partial charge in [0, 0.05) is 5.41 Å². The van der Waals surface area contributed by atoms with E-state index in [-0.39, 0.29) is 22.7 Å². The van der Waals surface area contributed by atoms with Crippen LogP contribution in [0.1, 0.15) is 52.4 Å². The molecule has 0 spiro atoms. The summed E-state index contributed by atoms with van der Waals surface area (Å²) in [7, 11) is 0. The normalized spacial score (nSPS) is 49.9. The molecule has 0 unspecified atom stereocenters. The molecular formula is C22H30O2. The fourth-order valence-corrected chi connectivity index (χ4v) is 6.78. The first-order valence-electron chi connectivity index (χ1n) is 9.63. The van der Waals surface area contributed by atoms with Crippen LogP contribution in [0.3, 0.4) is 0 Å². The molecule has 7 atom stereocenters. The fraction of sp³-hybridized carbons (Fsp3) is 0.682. The number of ketones is 1. The summed E-state index contributed by atoms with van der Waals surface area (Å²) < 4.78 is 0. The molecule has 3 saturated carbocycles. The predicted octanol–water partition coefficient (Wildman–Crippen LogP) is 4.46. The second kappa shape index (κ2) is 5.42. The van der Waals surface area contributed by atoms with Crippen molar-refractivity contribution in [2.24, 2.45) is 34.5 Å². The van der Waals surface area contributed by atoms with Crippen LogP contribution in [0.2, 0.25) is 0 Å². The lowest BCUT2D eigenvalue weighted by Crippen LogP contribution is -2.53. The Hall–Kier alpha value is -1.15. The number of fused-ring (bicyclic) bond motifs is 5. The first-order valence-corrected chi connectivity index (χ1v) is 9.63. The van der Waals surface area contributed by atoms with E-state index in [1.165, 1.54) is 5.57 Å². The van der Waals surface area contributed by atoms with Crippen molar-refractivity contribution in [1.29, 1.82) is 0 Å². The first kappa shape index (κ1) is 16.3. The maximum absolute atomic E-state index is 11.9. The van der Waals surface area contributed by atoms with Crippen LogP contribution in [0.25, 0.3) is 0 Å². The molecule has 0 aromatic heterocycles. The second-order valence-electron chi connectivity index (χ2n) is 9.10. The SMILES string of the molecule is C=CC[C@@H]1CC2=CC(=O)C=C[C@]2(C)[C@H]2CC[C@]3(C)[C@H](O)CC[C@H]3[C@H]12. The molecule has 4 aliphatic carbocycles. The molecule has 2 nitrogen and oxygen atoms in total. The van der Waals surface area contributed by atoms with Gasteiger partial charge in [-0.25, -0.2) is 0 Å². The van der Waals surface area contributed by atoms with E-state index in [2.05, 4.69) is 32.6 Å². The monoisotopic (exact) mass is 326 g/mol. The van der Waals surface area contributed by atoms with Gasteiger partial charge in [0.05, 0.1) is 6.10 Å². The van der Waals surface area contributed by atoms with Gasteiger partial charge in [-0.1, -0.05) is 31.6 Å². The Labute approximate surface area is 145 Å². The Balaban J connectivity index is 1.77. The highest BCUT2D eigenvalue weighted by atomic mass is 16.3. The van der Waals surface area contributed by atoms with Gasteiger partial charge in [0.2, 0.25) is 0 Å².